The molecule has 0 atom stereocenters. The molecule has 2 aliphatic rings. The fourth-order valence-corrected chi connectivity index (χ4v) is 3.09. The molecule has 1 N–H and O–H groups in total. The molecular formula is C18H26N4O2. The van der Waals surface area contributed by atoms with Crippen LogP contribution in [0.25, 0.3) is 0 Å². The first-order chi connectivity index (χ1) is 11.6. The molecule has 6 heteroatoms. The maximum absolute atomic E-state index is 12.6. The van der Waals surface area contributed by atoms with E-state index in [1.165, 1.54) is 5.56 Å². The van der Waals surface area contributed by atoms with E-state index in [1.807, 2.05) is 29.0 Å². The standard InChI is InChI=1S/C18H26N4O2/c1-21(11-6-14-4-9-19-10-5-14)17(23)15-7-12-22(13-8-15)18(24)20-16-2-3-16/h4-5,9-10,15-16H,2-3,6-8,11-13H2,1H3,(H,20,24). The first-order valence-corrected chi connectivity index (χ1v) is 8.83. The van der Waals surface area contributed by atoms with Crippen molar-refractivity contribution in [2.45, 2.75) is 38.1 Å². The van der Waals surface area contributed by atoms with E-state index in [2.05, 4.69) is 10.3 Å². The number of nitrogens with zero attached hydrogens (tertiary/aromatic N) is 3. The third-order valence-electron chi connectivity index (χ3n) is 4.90. The summed E-state index contributed by atoms with van der Waals surface area (Å²) in [6.45, 7) is 2.06. The van der Waals surface area contributed by atoms with Crippen molar-refractivity contribution < 1.29 is 9.59 Å². The average molecular weight is 330 g/mol. The van der Waals surface area contributed by atoms with E-state index < -0.39 is 0 Å². The molecule has 1 saturated heterocycles. The van der Waals surface area contributed by atoms with Crippen LogP contribution in [0.2, 0.25) is 0 Å². The number of likely N-dealkylation sites (tertiary alicyclic amines) is 1. The Balaban J connectivity index is 1.41. The molecule has 1 aromatic heterocycles. The predicted molar refractivity (Wildman–Crippen MR) is 91.4 cm³/mol. The number of aromatic nitrogens is 1. The summed E-state index contributed by atoms with van der Waals surface area (Å²) in [4.78, 5) is 32.3. The van der Waals surface area contributed by atoms with Crippen LogP contribution in [0.3, 0.4) is 0 Å². The second kappa shape index (κ2) is 7.64. The lowest BCUT2D eigenvalue weighted by Crippen LogP contribution is -2.47. The Kier molecular flexibility index (Phi) is 5.33. The van der Waals surface area contributed by atoms with Crippen LogP contribution >= 0.6 is 0 Å². The SMILES string of the molecule is CN(CCc1ccncc1)C(=O)C1CCN(C(=O)NC2CC2)CC1. The number of carbonyl (C=O) groups excluding carboxylic acids is 2. The molecule has 0 bridgehead atoms. The number of hydrogen-bond donors (Lipinski definition) is 1. The number of piperidine rings is 1. The maximum Gasteiger partial charge on any atom is 0.317 e. The Morgan fingerprint density at radius 2 is 1.88 bits per heavy atom. The minimum Gasteiger partial charge on any atom is -0.345 e. The molecule has 0 radical (unpaired) electrons. The van der Waals surface area contributed by atoms with Crippen molar-refractivity contribution in [3.63, 3.8) is 0 Å². The summed E-state index contributed by atoms with van der Waals surface area (Å²) in [5, 5.41) is 3.02. The molecule has 1 saturated carbocycles. The van der Waals surface area contributed by atoms with Gasteiger partial charge in [0.05, 0.1) is 0 Å². The summed E-state index contributed by atoms with van der Waals surface area (Å²) in [5.74, 6) is 0.240. The van der Waals surface area contributed by atoms with Crippen LogP contribution in [0.1, 0.15) is 31.2 Å². The Morgan fingerprint density at radius 1 is 1.21 bits per heavy atom. The summed E-state index contributed by atoms with van der Waals surface area (Å²) in [7, 11) is 1.87. The highest BCUT2D eigenvalue weighted by Crippen LogP contribution is 2.22. The Bertz CT molecular complexity index is 566. The van der Waals surface area contributed by atoms with Gasteiger partial charge in [-0.15, -0.1) is 0 Å². The van der Waals surface area contributed by atoms with Gasteiger partial charge >= 0.3 is 6.03 Å². The van der Waals surface area contributed by atoms with Crippen LogP contribution in [0, 0.1) is 5.92 Å². The largest absolute Gasteiger partial charge is 0.345 e. The summed E-state index contributed by atoms with van der Waals surface area (Å²) in [6.07, 6.45) is 8.12. The van der Waals surface area contributed by atoms with Crippen molar-refractivity contribution in [2.24, 2.45) is 5.92 Å². The molecule has 1 aliphatic heterocycles. The smallest absolute Gasteiger partial charge is 0.317 e. The molecule has 0 unspecified atom stereocenters. The van der Waals surface area contributed by atoms with Gasteiger partial charge < -0.3 is 15.1 Å². The monoisotopic (exact) mass is 330 g/mol. The van der Waals surface area contributed by atoms with E-state index in [0.29, 0.717) is 25.7 Å². The number of amides is 3. The Morgan fingerprint density at radius 3 is 2.50 bits per heavy atom. The highest BCUT2D eigenvalue weighted by molar-refractivity contribution is 5.79. The number of nitrogens with one attached hydrogen (secondary N) is 1. The fourth-order valence-electron chi connectivity index (χ4n) is 3.09. The van der Waals surface area contributed by atoms with Crippen molar-refractivity contribution in [3.05, 3.63) is 30.1 Å². The third kappa shape index (κ3) is 4.46. The van der Waals surface area contributed by atoms with E-state index in [9.17, 15) is 9.59 Å². The van der Waals surface area contributed by atoms with Gasteiger partial charge in [-0.25, -0.2) is 4.79 Å². The summed E-state index contributed by atoms with van der Waals surface area (Å²) in [5.41, 5.74) is 1.19. The molecule has 24 heavy (non-hydrogen) atoms. The number of pyridine rings is 1. The molecule has 1 aromatic rings. The zero-order valence-electron chi connectivity index (χ0n) is 14.3. The molecular weight excluding hydrogens is 304 g/mol. The van der Waals surface area contributed by atoms with Crippen LogP contribution in [0.15, 0.2) is 24.5 Å². The fraction of sp³-hybridized carbons (Fsp3) is 0.611. The molecule has 0 aromatic carbocycles. The maximum atomic E-state index is 12.6. The van der Waals surface area contributed by atoms with Crippen LogP contribution in [-0.4, -0.2) is 59.4 Å². The van der Waals surface area contributed by atoms with Gasteiger partial charge in [-0.1, -0.05) is 0 Å². The van der Waals surface area contributed by atoms with Crippen LogP contribution < -0.4 is 5.32 Å². The quantitative estimate of drug-likeness (QED) is 0.893. The Labute approximate surface area is 143 Å². The minimum atomic E-state index is 0.0365. The Hall–Kier alpha value is -2.11. The lowest BCUT2D eigenvalue weighted by atomic mass is 9.95. The number of carbonyl (C=O) groups is 2. The van der Waals surface area contributed by atoms with Gasteiger partial charge in [0.2, 0.25) is 5.91 Å². The zero-order chi connectivity index (χ0) is 16.9. The normalized spacial score (nSPS) is 18.3. The van der Waals surface area contributed by atoms with E-state index in [-0.39, 0.29) is 17.9 Å². The van der Waals surface area contributed by atoms with Gasteiger partial charge in [0, 0.05) is 51.0 Å². The van der Waals surface area contributed by atoms with Crippen LogP contribution in [0.4, 0.5) is 4.79 Å². The molecule has 2 heterocycles. The topological polar surface area (TPSA) is 65.5 Å². The summed E-state index contributed by atoms with van der Waals surface area (Å²) in [6, 6.07) is 4.38. The van der Waals surface area contributed by atoms with E-state index in [1.54, 1.807) is 12.4 Å². The zero-order valence-corrected chi connectivity index (χ0v) is 14.3. The minimum absolute atomic E-state index is 0.0365. The average Bonchev–Trinajstić information content (AvgIpc) is 3.44. The van der Waals surface area contributed by atoms with Gasteiger partial charge in [-0.05, 0) is 49.8 Å². The summed E-state index contributed by atoms with van der Waals surface area (Å²) >= 11 is 0. The van der Waals surface area contributed by atoms with Gasteiger partial charge in [-0.3, -0.25) is 9.78 Å². The molecule has 6 nitrogen and oxygen atoms in total. The molecule has 1 aliphatic carbocycles. The van der Waals surface area contributed by atoms with Gasteiger partial charge in [0.25, 0.3) is 0 Å². The number of rotatable bonds is 5. The van der Waals surface area contributed by atoms with Gasteiger partial charge in [-0.2, -0.15) is 0 Å². The van der Waals surface area contributed by atoms with Gasteiger partial charge in [0.1, 0.15) is 0 Å². The third-order valence-corrected chi connectivity index (χ3v) is 4.90. The lowest BCUT2D eigenvalue weighted by molar-refractivity contribution is -0.135. The van der Waals surface area contributed by atoms with E-state index in [0.717, 1.165) is 32.1 Å². The van der Waals surface area contributed by atoms with Gasteiger partial charge in [0.15, 0.2) is 0 Å². The van der Waals surface area contributed by atoms with E-state index >= 15 is 0 Å². The van der Waals surface area contributed by atoms with E-state index in [4.69, 9.17) is 0 Å². The van der Waals surface area contributed by atoms with Crippen molar-refractivity contribution in [1.82, 2.24) is 20.1 Å². The van der Waals surface area contributed by atoms with Crippen molar-refractivity contribution in [1.29, 1.82) is 0 Å². The first kappa shape index (κ1) is 16.7. The van der Waals surface area contributed by atoms with Crippen molar-refractivity contribution >= 4 is 11.9 Å². The predicted octanol–water partition coefficient (Wildman–Crippen LogP) is 1.67. The van der Waals surface area contributed by atoms with Crippen molar-refractivity contribution in [3.8, 4) is 0 Å². The second-order valence-corrected chi connectivity index (χ2v) is 6.85. The lowest BCUT2D eigenvalue weighted by Gasteiger charge is -2.33. The highest BCUT2D eigenvalue weighted by Gasteiger charge is 2.31. The number of urea groups is 1. The molecule has 3 rings (SSSR count). The van der Waals surface area contributed by atoms with Crippen LogP contribution in [0.5, 0.6) is 0 Å². The molecule has 130 valence electrons. The number of likely N-dealkylation sites (N-methyl/N-ethyl adjacent to an activating group) is 1. The first-order valence-electron chi connectivity index (χ1n) is 8.83. The number of hydrogen-bond acceptors (Lipinski definition) is 3. The molecule has 3 amide bonds. The van der Waals surface area contributed by atoms with Crippen molar-refractivity contribution in [2.75, 3.05) is 26.7 Å². The second-order valence-electron chi connectivity index (χ2n) is 6.85. The molecule has 0 spiro atoms. The molecule has 2 fully saturated rings. The highest BCUT2D eigenvalue weighted by atomic mass is 16.2. The summed E-state index contributed by atoms with van der Waals surface area (Å²) < 4.78 is 0. The van der Waals surface area contributed by atoms with Crippen LogP contribution in [-0.2, 0) is 11.2 Å².